The molecule has 2 aliphatic rings. The number of hydroxylamine groups is 2. The molecule has 8 rings (SSSR count). The van der Waals surface area contributed by atoms with Gasteiger partial charge in [0.1, 0.15) is 23.7 Å². The molecular formula is C46H50N8O6. The second-order valence-corrected chi connectivity index (χ2v) is 16.1. The van der Waals surface area contributed by atoms with Gasteiger partial charge in [-0.25, -0.2) is 14.8 Å². The summed E-state index contributed by atoms with van der Waals surface area (Å²) in [4.78, 5) is 56.4. The van der Waals surface area contributed by atoms with Gasteiger partial charge in [0.2, 0.25) is 5.91 Å². The van der Waals surface area contributed by atoms with Crippen molar-refractivity contribution in [2.45, 2.75) is 70.6 Å². The topological polar surface area (TPSA) is 180 Å². The average molecular weight is 811 g/mol. The molecule has 60 heavy (non-hydrogen) atoms. The highest BCUT2D eigenvalue weighted by Gasteiger charge is 2.50. The van der Waals surface area contributed by atoms with Gasteiger partial charge in [-0.2, -0.15) is 5.21 Å². The Kier molecular flexibility index (Phi) is 11.3. The number of aromatic nitrogens is 4. The largest absolute Gasteiger partial charge is 0.494 e. The van der Waals surface area contributed by atoms with Gasteiger partial charge in [0.25, 0.3) is 0 Å². The number of H-pyrrole nitrogens is 2. The predicted octanol–water partition coefficient (Wildman–Crippen LogP) is 7.69. The molecule has 4 heterocycles. The summed E-state index contributed by atoms with van der Waals surface area (Å²) < 4.78 is 3.41. The van der Waals surface area contributed by atoms with Crippen LogP contribution in [0.1, 0.15) is 81.8 Å². The van der Waals surface area contributed by atoms with Crippen molar-refractivity contribution >= 4 is 29.1 Å². The van der Waals surface area contributed by atoms with Gasteiger partial charge in [0.15, 0.2) is 6.04 Å². The SMILES string of the molecule is COC(=O)NC(C(=O)N1CCCC1c1nc2ccc(-c3ccc(-c4ccc(-c5cnc(C6CCCN6[N+](O)(C(=O)[O-])C(C)c6ccccc6)[nH]5)cc4)cc3)cc2[nH]1)C(C)C. The Morgan fingerprint density at radius 3 is 2.08 bits per heavy atom. The fraction of sp³-hybridized carbons (Fsp3) is 0.326. The van der Waals surface area contributed by atoms with Crippen LogP contribution in [0.5, 0.6) is 0 Å². The van der Waals surface area contributed by atoms with Crippen molar-refractivity contribution in [3.63, 3.8) is 0 Å². The van der Waals surface area contributed by atoms with E-state index in [1.54, 1.807) is 30.3 Å². The number of quaternary nitrogens is 1. The summed E-state index contributed by atoms with van der Waals surface area (Å²) in [6.07, 6.45) is 2.48. The fourth-order valence-electron chi connectivity index (χ4n) is 8.73. The van der Waals surface area contributed by atoms with Crippen LogP contribution in [0.2, 0.25) is 0 Å². The van der Waals surface area contributed by atoms with E-state index in [0.717, 1.165) is 63.2 Å². The van der Waals surface area contributed by atoms with E-state index >= 15 is 0 Å². The lowest BCUT2D eigenvalue weighted by molar-refractivity contribution is -1.16. The van der Waals surface area contributed by atoms with Crippen molar-refractivity contribution in [1.29, 1.82) is 0 Å². The molecule has 0 aliphatic carbocycles. The number of benzene rings is 4. The van der Waals surface area contributed by atoms with E-state index in [1.165, 1.54) is 7.11 Å². The summed E-state index contributed by atoms with van der Waals surface area (Å²) >= 11 is 0. The van der Waals surface area contributed by atoms with Crippen LogP contribution >= 0.6 is 0 Å². The van der Waals surface area contributed by atoms with E-state index in [1.807, 2.05) is 55.1 Å². The summed E-state index contributed by atoms with van der Waals surface area (Å²) in [5.74, 6) is 1.07. The van der Waals surface area contributed by atoms with Crippen molar-refractivity contribution in [1.82, 2.24) is 35.2 Å². The van der Waals surface area contributed by atoms with Gasteiger partial charge in [-0.1, -0.05) is 104 Å². The molecule has 2 fully saturated rings. The van der Waals surface area contributed by atoms with Crippen LogP contribution in [-0.4, -0.2) is 84.1 Å². The van der Waals surface area contributed by atoms with E-state index in [2.05, 4.69) is 68.8 Å². The molecule has 5 atom stereocenters. The van der Waals surface area contributed by atoms with Gasteiger partial charge < -0.3 is 34.8 Å². The first-order chi connectivity index (χ1) is 29.0. The number of hydrogen-bond acceptors (Lipinski definition) is 9. The number of fused-ring (bicyclic) bond motifs is 1. The Morgan fingerprint density at radius 2 is 1.43 bits per heavy atom. The van der Waals surface area contributed by atoms with E-state index in [4.69, 9.17) is 9.72 Å². The molecule has 6 aromatic rings. The van der Waals surface area contributed by atoms with Crippen molar-refractivity contribution in [3.8, 4) is 33.5 Å². The molecule has 2 saturated heterocycles. The Hall–Kier alpha value is -6.35. The minimum atomic E-state index is -1.59. The second-order valence-electron chi connectivity index (χ2n) is 16.1. The van der Waals surface area contributed by atoms with E-state index in [9.17, 15) is 24.7 Å². The van der Waals surface area contributed by atoms with Gasteiger partial charge in [-0.3, -0.25) is 4.79 Å². The first-order valence-electron chi connectivity index (χ1n) is 20.5. The molecule has 14 heteroatoms. The molecule has 310 valence electrons. The highest BCUT2D eigenvalue weighted by Crippen LogP contribution is 2.41. The van der Waals surface area contributed by atoms with Gasteiger partial charge in [-0.15, -0.1) is 5.01 Å². The number of amides is 3. The zero-order valence-corrected chi connectivity index (χ0v) is 34.2. The molecule has 0 radical (unpaired) electrons. The number of nitrogens with zero attached hydrogens (tertiary/aromatic N) is 5. The lowest BCUT2D eigenvalue weighted by atomic mass is 9.99. The van der Waals surface area contributed by atoms with Crippen molar-refractivity contribution < 1.29 is 34.2 Å². The summed E-state index contributed by atoms with van der Waals surface area (Å²) in [6, 6.07) is 29.6. The number of methoxy groups -OCH3 is 1. The zero-order chi connectivity index (χ0) is 42.1. The van der Waals surface area contributed by atoms with Gasteiger partial charge >= 0.3 is 12.2 Å². The first-order valence-corrected chi connectivity index (χ1v) is 20.5. The molecule has 2 aliphatic heterocycles. The first kappa shape index (κ1) is 40.4. The Bertz CT molecular complexity index is 2480. The number of carboxylic acid groups (broad SMARTS) is 1. The van der Waals surface area contributed by atoms with E-state index < -0.39 is 35.1 Å². The van der Waals surface area contributed by atoms with E-state index in [-0.39, 0.29) is 17.9 Å². The molecule has 14 nitrogen and oxygen atoms in total. The highest BCUT2D eigenvalue weighted by molar-refractivity contribution is 5.87. The van der Waals surface area contributed by atoms with Crippen molar-refractivity contribution in [2.24, 2.45) is 5.92 Å². The number of nitrogens with one attached hydrogen (secondary N) is 3. The van der Waals surface area contributed by atoms with Crippen LogP contribution < -0.4 is 10.4 Å². The van der Waals surface area contributed by atoms with Crippen LogP contribution in [-0.2, 0) is 9.53 Å². The second kappa shape index (κ2) is 16.7. The Labute approximate surface area is 348 Å². The van der Waals surface area contributed by atoms with Gasteiger partial charge in [0.05, 0.1) is 42.6 Å². The minimum absolute atomic E-state index is 0.112. The molecule has 4 N–H and O–H groups in total. The number of aromatic amines is 2. The summed E-state index contributed by atoms with van der Waals surface area (Å²) in [5.41, 5.74) is 8.29. The van der Waals surface area contributed by atoms with Gasteiger partial charge in [0, 0.05) is 12.1 Å². The third-order valence-electron chi connectivity index (χ3n) is 12.1. The number of carbonyl (C=O) groups excluding carboxylic acids is 3. The maximum Gasteiger partial charge on any atom is 0.407 e. The zero-order valence-electron chi connectivity index (χ0n) is 34.2. The summed E-state index contributed by atoms with van der Waals surface area (Å²) in [5, 5.41) is 28.5. The third-order valence-corrected chi connectivity index (χ3v) is 12.1. The predicted molar refractivity (Wildman–Crippen MR) is 223 cm³/mol. The Balaban J connectivity index is 0.950. The highest BCUT2D eigenvalue weighted by atomic mass is 16.7. The lowest BCUT2D eigenvalue weighted by Crippen LogP contribution is -2.66. The van der Waals surface area contributed by atoms with Gasteiger partial charge in [-0.05, 0) is 78.5 Å². The smallest absolute Gasteiger partial charge is 0.407 e. The number of hydrogen-bond donors (Lipinski definition) is 4. The minimum Gasteiger partial charge on any atom is -0.494 e. The molecule has 2 aromatic heterocycles. The molecule has 3 amide bonds. The number of ether oxygens (including phenoxy) is 1. The van der Waals surface area contributed by atoms with Crippen LogP contribution in [0.25, 0.3) is 44.5 Å². The van der Waals surface area contributed by atoms with Crippen LogP contribution in [0, 0.1) is 5.92 Å². The molecule has 5 unspecified atom stereocenters. The van der Waals surface area contributed by atoms with Crippen molar-refractivity contribution in [2.75, 3.05) is 20.2 Å². The normalized spacial score (nSPS) is 19.0. The lowest BCUT2D eigenvalue weighted by Gasteiger charge is -2.42. The quantitative estimate of drug-likeness (QED) is 0.0580. The average Bonchev–Trinajstić information content (AvgIpc) is 4.11. The summed E-state index contributed by atoms with van der Waals surface area (Å²) in [6.45, 7) is 6.45. The number of imidazole rings is 2. The standard InChI is InChI=1S/C46H50N8O6/c1-28(2)41(51-45(56)60-4)44(55)52-24-8-12-39(52)43-48-36-23-22-35(26-37(36)49-43)33-16-14-31(15-17-33)32-18-20-34(21-19-32)38-27-47-42(50-38)40-13-9-25-53(40)54(59,46(57)58)29(3)30-10-6-5-7-11-30/h5-7,10-11,14-23,26-29,39-41,59H,8-9,12-13,24-25H2,1-4H3,(H3-,47,48,49,50,51,56,57,58). The third kappa shape index (κ3) is 7.65. The van der Waals surface area contributed by atoms with Crippen molar-refractivity contribution in [3.05, 3.63) is 120 Å². The number of alkyl carbamates (subject to hydrolysis) is 1. The Morgan fingerprint density at radius 1 is 0.817 bits per heavy atom. The van der Waals surface area contributed by atoms with Crippen LogP contribution in [0.3, 0.4) is 0 Å². The van der Waals surface area contributed by atoms with Crippen LogP contribution in [0.15, 0.2) is 103 Å². The fourth-order valence-corrected chi connectivity index (χ4v) is 8.73. The summed E-state index contributed by atoms with van der Waals surface area (Å²) in [7, 11) is 1.29. The van der Waals surface area contributed by atoms with E-state index in [0.29, 0.717) is 37.3 Å². The maximum atomic E-state index is 13.6. The molecule has 4 aromatic carbocycles. The monoisotopic (exact) mass is 810 g/mol. The van der Waals surface area contributed by atoms with Crippen LogP contribution in [0.4, 0.5) is 9.59 Å². The molecule has 0 bridgehead atoms. The number of rotatable bonds is 11. The number of carbonyl (C=O) groups is 3. The molecule has 0 saturated carbocycles. The molecule has 0 spiro atoms. The number of likely N-dealkylation sites (tertiary alicyclic amines) is 1. The molecular weight excluding hydrogens is 761 g/mol. The maximum absolute atomic E-state index is 13.6.